The molecule has 0 spiro atoms. The third-order valence-electron chi connectivity index (χ3n) is 7.12. The van der Waals surface area contributed by atoms with Crippen LogP contribution >= 0.6 is 0 Å². The van der Waals surface area contributed by atoms with Crippen molar-refractivity contribution in [1.82, 2.24) is 15.1 Å². The van der Waals surface area contributed by atoms with Gasteiger partial charge >= 0.3 is 5.97 Å². The van der Waals surface area contributed by atoms with E-state index in [0.717, 1.165) is 42.5 Å². The lowest BCUT2D eigenvalue weighted by molar-refractivity contribution is -0.145. The first kappa shape index (κ1) is 30.3. The molecule has 1 unspecified atom stereocenters. The first-order valence-electron chi connectivity index (χ1n) is 14.1. The van der Waals surface area contributed by atoms with Gasteiger partial charge < -0.3 is 19.3 Å². The quantitative estimate of drug-likeness (QED) is 0.192. The topological polar surface area (TPSA) is 94.8 Å². The van der Waals surface area contributed by atoms with Crippen LogP contribution in [0, 0.1) is 11.7 Å². The Kier molecular flexibility index (Phi) is 10.5. The largest absolute Gasteiger partial charge is 0.496 e. The molecular formula is C32H40FN3O5. The Labute approximate surface area is 241 Å². The summed E-state index contributed by atoms with van der Waals surface area (Å²) in [6.45, 7) is 4.25. The van der Waals surface area contributed by atoms with Crippen LogP contribution in [0.1, 0.15) is 69.5 Å². The predicted molar refractivity (Wildman–Crippen MR) is 156 cm³/mol. The first-order valence-corrected chi connectivity index (χ1v) is 14.1. The number of hydrogen-bond acceptors (Lipinski definition) is 7. The van der Waals surface area contributed by atoms with E-state index < -0.39 is 12.3 Å². The summed E-state index contributed by atoms with van der Waals surface area (Å²) >= 11 is 0. The maximum absolute atomic E-state index is 13.4. The molecule has 1 aromatic heterocycles. The van der Waals surface area contributed by atoms with Crippen LogP contribution in [0.15, 0.2) is 54.6 Å². The maximum atomic E-state index is 13.4. The second-order valence-electron chi connectivity index (χ2n) is 10.7. The van der Waals surface area contributed by atoms with Crippen LogP contribution < -0.4 is 14.8 Å². The number of nitrogens with zero attached hydrogens (tertiary/aromatic N) is 2. The zero-order valence-electron chi connectivity index (χ0n) is 24.2. The zero-order chi connectivity index (χ0) is 29.4. The summed E-state index contributed by atoms with van der Waals surface area (Å²) in [4.78, 5) is 12.6. The van der Waals surface area contributed by atoms with Crippen molar-refractivity contribution in [3.05, 3.63) is 71.7 Å². The number of ether oxygens (including phenoxy) is 3. The lowest BCUT2D eigenvalue weighted by atomic mass is 10.1. The van der Waals surface area contributed by atoms with Crippen molar-refractivity contribution in [3.63, 3.8) is 0 Å². The van der Waals surface area contributed by atoms with Gasteiger partial charge in [0.2, 0.25) is 0 Å². The van der Waals surface area contributed by atoms with Crippen LogP contribution in [-0.2, 0) is 9.53 Å². The fourth-order valence-corrected chi connectivity index (χ4v) is 5.03. The fraction of sp³-hybridized carbons (Fsp3) is 0.438. The Bertz CT molecular complexity index is 1290. The van der Waals surface area contributed by atoms with Gasteiger partial charge in [0.05, 0.1) is 44.5 Å². The first-order chi connectivity index (χ1) is 19.8. The molecular weight excluding hydrogens is 525 g/mol. The molecule has 0 radical (unpaired) electrons. The summed E-state index contributed by atoms with van der Waals surface area (Å²) in [7, 11) is 3.23. The molecule has 1 aliphatic carbocycles. The van der Waals surface area contributed by atoms with Crippen molar-refractivity contribution < 1.29 is 28.5 Å². The molecule has 3 aromatic rings. The number of benzene rings is 2. The van der Waals surface area contributed by atoms with Crippen molar-refractivity contribution >= 4 is 12.0 Å². The van der Waals surface area contributed by atoms with Gasteiger partial charge in [0.15, 0.2) is 0 Å². The molecule has 9 heteroatoms. The van der Waals surface area contributed by atoms with Crippen LogP contribution in [0.3, 0.4) is 0 Å². The molecule has 4 rings (SSSR count). The lowest BCUT2D eigenvalue weighted by Crippen LogP contribution is -2.34. The number of rotatable bonds is 13. The van der Waals surface area contributed by atoms with Crippen molar-refractivity contribution in [2.75, 3.05) is 20.8 Å². The standard InChI is InChI=1S/C32H40FN3O5/c1-21(2)20-41-30(37)18-24(17-14-22-12-15-23(33)16-13-22)34-32(38)26-19-27(36(35-26)25-8-5-6-9-25)31-28(39-3)10-7-11-29(31)40-4/h7,10-17,19,21,24-25,32,34,38H,5-6,8-9,18,20H2,1-4H3/b17-14+/t24-,32?/m0/s1. The Balaban J connectivity index is 1.64. The van der Waals surface area contributed by atoms with E-state index >= 15 is 0 Å². The summed E-state index contributed by atoms with van der Waals surface area (Å²) in [5.41, 5.74) is 2.73. The molecule has 0 aliphatic heterocycles. The average molecular weight is 566 g/mol. The van der Waals surface area contributed by atoms with Crippen molar-refractivity contribution in [2.24, 2.45) is 5.92 Å². The highest BCUT2D eigenvalue weighted by molar-refractivity contribution is 5.75. The number of aromatic nitrogens is 2. The number of hydrogen-bond donors (Lipinski definition) is 2. The van der Waals surface area contributed by atoms with E-state index in [9.17, 15) is 14.3 Å². The average Bonchev–Trinajstić information content (AvgIpc) is 3.65. The lowest BCUT2D eigenvalue weighted by Gasteiger charge is -2.19. The number of carbonyl (C=O) groups excluding carboxylic acids is 1. The summed E-state index contributed by atoms with van der Waals surface area (Å²) in [5, 5.41) is 19.3. The molecule has 1 fully saturated rings. The maximum Gasteiger partial charge on any atom is 0.307 e. The molecule has 1 aliphatic rings. The molecule has 41 heavy (non-hydrogen) atoms. The van der Waals surface area contributed by atoms with Gasteiger partial charge in [0.1, 0.15) is 29.2 Å². The van der Waals surface area contributed by atoms with Crippen molar-refractivity contribution in [3.8, 4) is 22.8 Å². The number of aliphatic hydroxyl groups is 1. The van der Waals surface area contributed by atoms with E-state index in [4.69, 9.17) is 19.3 Å². The molecule has 220 valence electrons. The van der Waals surface area contributed by atoms with Gasteiger partial charge in [-0.15, -0.1) is 0 Å². The molecule has 2 N–H and O–H groups in total. The second-order valence-corrected chi connectivity index (χ2v) is 10.7. The third-order valence-corrected chi connectivity index (χ3v) is 7.12. The minimum absolute atomic E-state index is 0.00199. The van der Waals surface area contributed by atoms with E-state index in [1.165, 1.54) is 12.1 Å². The fourth-order valence-electron chi connectivity index (χ4n) is 5.03. The van der Waals surface area contributed by atoms with Crippen molar-refractivity contribution in [1.29, 1.82) is 0 Å². The Morgan fingerprint density at radius 3 is 2.39 bits per heavy atom. The summed E-state index contributed by atoms with van der Waals surface area (Å²) < 4.78 is 32.1. The highest BCUT2D eigenvalue weighted by Gasteiger charge is 2.28. The van der Waals surface area contributed by atoms with Gasteiger partial charge in [-0.05, 0) is 54.7 Å². The minimum Gasteiger partial charge on any atom is -0.496 e. The molecule has 0 bridgehead atoms. The highest BCUT2D eigenvalue weighted by Crippen LogP contribution is 2.42. The van der Waals surface area contributed by atoms with Gasteiger partial charge in [0, 0.05) is 6.04 Å². The van der Waals surface area contributed by atoms with Crippen LogP contribution in [-0.4, -0.2) is 47.7 Å². The predicted octanol–water partition coefficient (Wildman–Crippen LogP) is 6.07. The van der Waals surface area contributed by atoms with Crippen LogP contribution in [0.5, 0.6) is 11.5 Å². The number of aliphatic hydroxyl groups excluding tert-OH is 1. The van der Waals surface area contributed by atoms with Crippen LogP contribution in [0.25, 0.3) is 17.3 Å². The van der Waals surface area contributed by atoms with E-state index in [1.807, 2.05) is 42.8 Å². The summed E-state index contributed by atoms with van der Waals surface area (Å²) in [6, 6.07) is 13.1. The molecule has 1 saturated carbocycles. The van der Waals surface area contributed by atoms with Crippen LogP contribution in [0.2, 0.25) is 0 Å². The molecule has 2 aromatic carbocycles. The van der Waals surface area contributed by atoms with Gasteiger partial charge in [-0.3, -0.25) is 14.8 Å². The zero-order valence-corrected chi connectivity index (χ0v) is 24.2. The molecule has 2 atom stereocenters. The number of esters is 1. The smallest absolute Gasteiger partial charge is 0.307 e. The number of halogens is 1. The molecule has 1 heterocycles. The third kappa shape index (κ3) is 7.95. The monoisotopic (exact) mass is 565 g/mol. The summed E-state index contributed by atoms with van der Waals surface area (Å²) in [5.74, 6) is 0.777. The van der Waals surface area contributed by atoms with E-state index in [0.29, 0.717) is 23.8 Å². The highest BCUT2D eigenvalue weighted by atomic mass is 19.1. The second kappa shape index (κ2) is 14.3. The van der Waals surface area contributed by atoms with Crippen LogP contribution in [0.4, 0.5) is 4.39 Å². The minimum atomic E-state index is -1.18. The Morgan fingerprint density at radius 2 is 1.78 bits per heavy atom. The molecule has 0 amide bonds. The normalized spacial score (nSPS) is 15.4. The van der Waals surface area contributed by atoms with Gasteiger partial charge in [-0.25, -0.2) is 4.39 Å². The number of nitrogens with one attached hydrogen (secondary N) is 1. The number of methoxy groups -OCH3 is 2. The van der Waals surface area contributed by atoms with Crippen molar-refractivity contribution in [2.45, 2.75) is 64.3 Å². The van der Waals surface area contributed by atoms with Gasteiger partial charge in [-0.1, -0.05) is 57.0 Å². The molecule has 8 nitrogen and oxygen atoms in total. The van der Waals surface area contributed by atoms with E-state index in [1.54, 1.807) is 38.5 Å². The van der Waals surface area contributed by atoms with Gasteiger partial charge in [0.25, 0.3) is 0 Å². The van der Waals surface area contributed by atoms with E-state index in [-0.39, 0.29) is 30.2 Å². The summed E-state index contributed by atoms with van der Waals surface area (Å²) in [6.07, 6.45) is 6.55. The Hall–Kier alpha value is -3.69. The number of carbonyl (C=O) groups is 1. The van der Waals surface area contributed by atoms with Gasteiger partial charge in [-0.2, -0.15) is 5.10 Å². The molecule has 0 saturated heterocycles. The SMILES string of the molecule is COc1cccc(OC)c1-c1cc(C(O)N[C@@H](/C=C/c2ccc(F)cc2)CC(=O)OCC(C)C)nn1C1CCCC1. The van der Waals surface area contributed by atoms with E-state index in [2.05, 4.69) is 5.32 Å². The Morgan fingerprint density at radius 1 is 1.12 bits per heavy atom.